The van der Waals surface area contributed by atoms with E-state index in [9.17, 15) is 0 Å². The Morgan fingerprint density at radius 3 is 2.62 bits per heavy atom. The van der Waals surface area contributed by atoms with E-state index in [-0.39, 0.29) is 0 Å². The van der Waals surface area contributed by atoms with Gasteiger partial charge < -0.3 is 4.90 Å². The number of nitrogens with one attached hydrogen (secondary N) is 1. The Hall–Kier alpha value is -0.560. The number of hydrazine groups is 1. The zero-order chi connectivity index (χ0) is 9.52. The zero-order valence-electron chi connectivity index (χ0n) is 8.42. The van der Waals surface area contributed by atoms with Crippen LogP contribution in [0.1, 0.15) is 12.8 Å². The lowest BCUT2D eigenvalue weighted by atomic mass is 10.3. The average Bonchev–Trinajstić information content (AvgIpc) is 2.15. The third-order valence-corrected chi connectivity index (χ3v) is 2.34. The fraction of sp³-hybridized carbons (Fsp3) is 0.800. The van der Waals surface area contributed by atoms with Crippen LogP contribution < -0.4 is 5.43 Å². The molecular formula is C10H19N3. The number of unbranched alkanes of at least 4 members (excludes halogenated alkanes) is 1. The Kier molecular flexibility index (Phi) is 4.84. The van der Waals surface area contributed by atoms with Crippen molar-refractivity contribution < 1.29 is 0 Å². The maximum atomic E-state index is 5.17. The molecule has 0 radical (unpaired) electrons. The third kappa shape index (κ3) is 4.28. The van der Waals surface area contributed by atoms with Crippen LogP contribution in [-0.4, -0.2) is 49.7 Å². The number of likely N-dealkylation sites (N-methyl/N-ethyl adjacent to an activating group) is 1. The van der Waals surface area contributed by atoms with Crippen molar-refractivity contribution in [3.63, 3.8) is 0 Å². The Bertz CT molecular complexity index is 165. The first-order valence-electron chi connectivity index (χ1n) is 4.93. The summed E-state index contributed by atoms with van der Waals surface area (Å²) in [5.41, 5.74) is 3.39. The van der Waals surface area contributed by atoms with Crippen LogP contribution in [0.15, 0.2) is 0 Å². The minimum atomic E-state index is 0.876. The van der Waals surface area contributed by atoms with Gasteiger partial charge in [-0.3, -0.25) is 5.43 Å². The molecule has 13 heavy (non-hydrogen) atoms. The van der Waals surface area contributed by atoms with Crippen LogP contribution in [0.3, 0.4) is 0 Å². The summed E-state index contributed by atoms with van der Waals surface area (Å²) in [5, 5.41) is 2.29. The van der Waals surface area contributed by atoms with E-state index in [1.807, 2.05) is 0 Å². The van der Waals surface area contributed by atoms with E-state index in [2.05, 4.69) is 28.3 Å². The number of nitrogens with zero attached hydrogens (tertiary/aromatic N) is 2. The van der Waals surface area contributed by atoms with Gasteiger partial charge in [0.25, 0.3) is 0 Å². The maximum Gasteiger partial charge on any atom is 0.0259 e. The fourth-order valence-electron chi connectivity index (χ4n) is 1.39. The largest absolute Gasteiger partial charge is 0.304 e. The average molecular weight is 181 g/mol. The van der Waals surface area contributed by atoms with Crippen LogP contribution in [0.25, 0.3) is 0 Å². The van der Waals surface area contributed by atoms with E-state index in [1.165, 1.54) is 0 Å². The van der Waals surface area contributed by atoms with Gasteiger partial charge in [0.2, 0.25) is 0 Å². The molecule has 0 spiro atoms. The number of piperazine rings is 1. The van der Waals surface area contributed by atoms with Gasteiger partial charge >= 0.3 is 0 Å². The first-order chi connectivity index (χ1) is 6.33. The molecule has 0 aliphatic carbocycles. The quantitative estimate of drug-likeness (QED) is 0.492. The third-order valence-electron chi connectivity index (χ3n) is 2.34. The van der Waals surface area contributed by atoms with E-state index in [1.54, 1.807) is 0 Å². The SMILES string of the molecule is C#CCCCNN1CCN(C)CC1. The second kappa shape index (κ2) is 5.98. The molecule has 0 atom stereocenters. The Balaban J connectivity index is 2.00. The highest BCUT2D eigenvalue weighted by atomic mass is 15.5. The fourth-order valence-corrected chi connectivity index (χ4v) is 1.39. The van der Waals surface area contributed by atoms with Crippen molar-refractivity contribution in [1.82, 2.24) is 15.3 Å². The van der Waals surface area contributed by atoms with Crippen molar-refractivity contribution in [1.29, 1.82) is 0 Å². The Morgan fingerprint density at radius 1 is 1.31 bits per heavy atom. The van der Waals surface area contributed by atoms with Crippen molar-refractivity contribution in [3.8, 4) is 12.3 Å². The van der Waals surface area contributed by atoms with E-state index >= 15 is 0 Å². The summed E-state index contributed by atoms with van der Waals surface area (Å²) < 4.78 is 0. The van der Waals surface area contributed by atoms with Gasteiger partial charge in [-0.2, -0.15) is 0 Å². The normalized spacial score (nSPS) is 20.0. The van der Waals surface area contributed by atoms with Crippen molar-refractivity contribution in [2.24, 2.45) is 0 Å². The highest BCUT2D eigenvalue weighted by molar-refractivity contribution is 4.83. The summed E-state index contributed by atoms with van der Waals surface area (Å²) >= 11 is 0. The molecule has 1 aliphatic rings. The Morgan fingerprint density at radius 2 is 2.00 bits per heavy atom. The van der Waals surface area contributed by atoms with Crippen LogP contribution in [0, 0.1) is 12.3 Å². The highest BCUT2D eigenvalue weighted by Gasteiger charge is 2.11. The summed E-state index contributed by atoms with van der Waals surface area (Å²) in [6.45, 7) is 5.55. The Labute approximate surface area is 81.1 Å². The summed E-state index contributed by atoms with van der Waals surface area (Å²) in [4.78, 5) is 2.35. The molecule has 1 heterocycles. The van der Waals surface area contributed by atoms with E-state index in [0.717, 1.165) is 45.6 Å². The minimum Gasteiger partial charge on any atom is -0.304 e. The maximum absolute atomic E-state index is 5.17. The molecule has 0 amide bonds. The zero-order valence-corrected chi connectivity index (χ0v) is 8.42. The second-order valence-corrected chi connectivity index (χ2v) is 3.51. The summed E-state index contributed by atoms with van der Waals surface area (Å²) in [5.74, 6) is 2.65. The van der Waals surface area contributed by atoms with Crippen molar-refractivity contribution >= 4 is 0 Å². The molecule has 0 aromatic carbocycles. The number of rotatable bonds is 4. The van der Waals surface area contributed by atoms with Crippen molar-refractivity contribution in [3.05, 3.63) is 0 Å². The van der Waals surface area contributed by atoms with Gasteiger partial charge in [0.15, 0.2) is 0 Å². The molecule has 1 N–H and O–H groups in total. The molecule has 1 saturated heterocycles. The smallest absolute Gasteiger partial charge is 0.0259 e. The van der Waals surface area contributed by atoms with Crippen molar-refractivity contribution in [2.45, 2.75) is 12.8 Å². The lowest BCUT2D eigenvalue weighted by Gasteiger charge is -2.32. The van der Waals surface area contributed by atoms with Gasteiger partial charge in [0.1, 0.15) is 0 Å². The van der Waals surface area contributed by atoms with E-state index in [4.69, 9.17) is 6.42 Å². The van der Waals surface area contributed by atoms with Crippen LogP contribution in [-0.2, 0) is 0 Å². The summed E-state index contributed by atoms with van der Waals surface area (Å²) in [6.07, 6.45) is 7.12. The highest BCUT2D eigenvalue weighted by Crippen LogP contribution is 1.95. The lowest BCUT2D eigenvalue weighted by Crippen LogP contribution is -2.50. The number of hydrogen-bond donors (Lipinski definition) is 1. The molecule has 0 saturated carbocycles. The van der Waals surface area contributed by atoms with Gasteiger partial charge in [-0.15, -0.1) is 12.3 Å². The molecule has 3 heteroatoms. The summed E-state index contributed by atoms with van der Waals surface area (Å²) in [7, 11) is 2.16. The molecule has 1 fully saturated rings. The number of terminal acetylenes is 1. The molecule has 0 bridgehead atoms. The van der Waals surface area contributed by atoms with Gasteiger partial charge in [0.05, 0.1) is 0 Å². The van der Waals surface area contributed by atoms with Gasteiger partial charge in [-0.05, 0) is 13.5 Å². The molecule has 3 nitrogen and oxygen atoms in total. The van der Waals surface area contributed by atoms with Crippen LogP contribution in [0.4, 0.5) is 0 Å². The van der Waals surface area contributed by atoms with Crippen molar-refractivity contribution in [2.75, 3.05) is 39.8 Å². The molecule has 1 rings (SSSR count). The van der Waals surface area contributed by atoms with Gasteiger partial charge in [-0.1, -0.05) is 0 Å². The first kappa shape index (κ1) is 10.5. The predicted molar refractivity (Wildman–Crippen MR) is 55.1 cm³/mol. The standard InChI is InChI=1S/C10H19N3/c1-3-4-5-6-11-13-9-7-12(2)8-10-13/h1,11H,4-10H2,2H3. The van der Waals surface area contributed by atoms with Gasteiger partial charge in [0, 0.05) is 39.1 Å². The minimum absolute atomic E-state index is 0.876. The molecule has 1 aliphatic heterocycles. The van der Waals surface area contributed by atoms with E-state index < -0.39 is 0 Å². The number of hydrogen-bond acceptors (Lipinski definition) is 3. The molecule has 0 unspecified atom stereocenters. The molecule has 0 aromatic rings. The summed E-state index contributed by atoms with van der Waals surface area (Å²) in [6, 6.07) is 0. The molecule has 74 valence electrons. The lowest BCUT2D eigenvalue weighted by molar-refractivity contribution is 0.104. The second-order valence-electron chi connectivity index (χ2n) is 3.51. The predicted octanol–water partition coefficient (Wildman–Crippen LogP) is 0.152. The van der Waals surface area contributed by atoms with Gasteiger partial charge in [-0.25, -0.2) is 5.01 Å². The van der Waals surface area contributed by atoms with Crippen LogP contribution in [0.2, 0.25) is 0 Å². The molecule has 0 aromatic heterocycles. The topological polar surface area (TPSA) is 18.5 Å². The van der Waals surface area contributed by atoms with Crippen LogP contribution >= 0.6 is 0 Å². The first-order valence-corrected chi connectivity index (χ1v) is 4.93. The van der Waals surface area contributed by atoms with E-state index in [0.29, 0.717) is 0 Å². The van der Waals surface area contributed by atoms with Crippen LogP contribution in [0.5, 0.6) is 0 Å². The molecular weight excluding hydrogens is 162 g/mol. The monoisotopic (exact) mass is 181 g/mol.